The zero-order valence-electron chi connectivity index (χ0n) is 16.7. The van der Waals surface area contributed by atoms with E-state index in [1.165, 1.54) is 24.9 Å². The molecule has 3 heterocycles. The van der Waals surface area contributed by atoms with Crippen LogP contribution in [0.4, 0.5) is 17.1 Å². The van der Waals surface area contributed by atoms with Crippen LogP contribution in [0, 0.1) is 5.92 Å². The van der Waals surface area contributed by atoms with Crippen molar-refractivity contribution >= 4 is 23.0 Å². The molecule has 5 heteroatoms. The van der Waals surface area contributed by atoms with Crippen LogP contribution in [0.1, 0.15) is 49.5 Å². The molecule has 0 radical (unpaired) electrons. The fraction of sp³-hybridized carbons (Fsp3) is 0.478. The van der Waals surface area contributed by atoms with E-state index in [1.807, 2.05) is 17.0 Å². The molecule has 148 valence electrons. The van der Waals surface area contributed by atoms with Gasteiger partial charge in [-0.1, -0.05) is 6.92 Å². The molecule has 1 aromatic carbocycles. The van der Waals surface area contributed by atoms with Crippen molar-refractivity contribution in [2.45, 2.75) is 39.0 Å². The van der Waals surface area contributed by atoms with E-state index >= 15 is 0 Å². The fourth-order valence-electron chi connectivity index (χ4n) is 4.04. The Balaban J connectivity index is 1.35. The third-order valence-electron chi connectivity index (χ3n) is 5.93. The van der Waals surface area contributed by atoms with Crippen LogP contribution in [-0.4, -0.2) is 42.0 Å². The first kappa shape index (κ1) is 18.8. The minimum Gasteiger partial charge on any atom is -0.372 e. The van der Waals surface area contributed by atoms with Crippen molar-refractivity contribution < 1.29 is 4.79 Å². The van der Waals surface area contributed by atoms with E-state index in [4.69, 9.17) is 0 Å². The third kappa shape index (κ3) is 4.46. The van der Waals surface area contributed by atoms with Crippen molar-refractivity contribution in [1.82, 2.24) is 9.88 Å². The highest BCUT2D eigenvalue weighted by molar-refractivity contribution is 5.92. The van der Waals surface area contributed by atoms with Gasteiger partial charge in [-0.3, -0.25) is 4.79 Å². The van der Waals surface area contributed by atoms with Crippen LogP contribution >= 0.6 is 0 Å². The Hall–Kier alpha value is -2.56. The molecule has 0 aliphatic carbocycles. The normalized spacial score (nSPS) is 18.2. The summed E-state index contributed by atoms with van der Waals surface area (Å²) in [5.41, 5.74) is 3.75. The summed E-state index contributed by atoms with van der Waals surface area (Å²) in [6.07, 6.45) is 7.83. The lowest BCUT2D eigenvalue weighted by atomic mass is 9.99. The summed E-state index contributed by atoms with van der Waals surface area (Å²) in [6.45, 7) is 6.24. The molecule has 1 amide bonds. The maximum Gasteiger partial charge on any atom is 0.272 e. The van der Waals surface area contributed by atoms with Crippen molar-refractivity contribution in [2.75, 3.05) is 36.4 Å². The minimum absolute atomic E-state index is 0.0457. The predicted molar refractivity (Wildman–Crippen MR) is 114 cm³/mol. The monoisotopic (exact) mass is 378 g/mol. The zero-order chi connectivity index (χ0) is 19.3. The molecule has 0 bridgehead atoms. The first-order chi connectivity index (χ1) is 13.7. The number of hydrogen-bond acceptors (Lipinski definition) is 4. The fourth-order valence-corrected chi connectivity index (χ4v) is 4.04. The summed E-state index contributed by atoms with van der Waals surface area (Å²) in [7, 11) is 0. The Morgan fingerprint density at radius 2 is 1.61 bits per heavy atom. The van der Waals surface area contributed by atoms with Gasteiger partial charge in [-0.05, 0) is 74.4 Å². The number of aromatic nitrogens is 1. The van der Waals surface area contributed by atoms with Crippen molar-refractivity contribution in [3.05, 3.63) is 48.3 Å². The average molecular weight is 379 g/mol. The van der Waals surface area contributed by atoms with Crippen molar-refractivity contribution in [2.24, 2.45) is 5.92 Å². The largest absolute Gasteiger partial charge is 0.372 e. The summed E-state index contributed by atoms with van der Waals surface area (Å²) in [6, 6.07) is 12.3. The molecule has 4 rings (SSSR count). The van der Waals surface area contributed by atoms with Gasteiger partial charge in [-0.25, -0.2) is 4.98 Å². The maximum atomic E-state index is 12.6. The first-order valence-electron chi connectivity index (χ1n) is 10.6. The SMILES string of the molecule is CC1CCN(C(=O)c2ccc(Nc3ccc(N4CCCCC4)cc3)cn2)CC1. The van der Waals surface area contributed by atoms with E-state index in [0.717, 1.165) is 50.4 Å². The number of benzene rings is 1. The van der Waals surface area contributed by atoms with Gasteiger partial charge < -0.3 is 15.1 Å². The Kier molecular flexibility index (Phi) is 5.79. The van der Waals surface area contributed by atoms with Crippen LogP contribution in [0.5, 0.6) is 0 Å². The number of rotatable bonds is 4. The third-order valence-corrected chi connectivity index (χ3v) is 5.93. The molecule has 5 nitrogen and oxygen atoms in total. The number of pyridine rings is 1. The molecule has 28 heavy (non-hydrogen) atoms. The van der Waals surface area contributed by atoms with Gasteiger partial charge in [0.1, 0.15) is 5.69 Å². The van der Waals surface area contributed by atoms with E-state index in [2.05, 4.69) is 46.4 Å². The van der Waals surface area contributed by atoms with Crippen molar-refractivity contribution in [3.8, 4) is 0 Å². The number of nitrogens with one attached hydrogen (secondary N) is 1. The number of hydrogen-bond donors (Lipinski definition) is 1. The van der Waals surface area contributed by atoms with Crippen LogP contribution in [0.25, 0.3) is 0 Å². The van der Waals surface area contributed by atoms with Crippen molar-refractivity contribution in [3.63, 3.8) is 0 Å². The molecule has 2 fully saturated rings. The highest BCUT2D eigenvalue weighted by Gasteiger charge is 2.22. The van der Waals surface area contributed by atoms with Gasteiger partial charge in [0.15, 0.2) is 0 Å². The highest BCUT2D eigenvalue weighted by atomic mass is 16.2. The summed E-state index contributed by atoms with van der Waals surface area (Å²) in [5.74, 6) is 0.759. The molecule has 2 saturated heterocycles. The molecule has 0 atom stereocenters. The zero-order valence-corrected chi connectivity index (χ0v) is 16.7. The maximum absolute atomic E-state index is 12.6. The number of piperidine rings is 2. The average Bonchev–Trinajstić information content (AvgIpc) is 2.75. The molecule has 0 saturated carbocycles. The second-order valence-electron chi connectivity index (χ2n) is 8.13. The van der Waals surface area contributed by atoms with Crippen molar-refractivity contribution in [1.29, 1.82) is 0 Å². The summed E-state index contributed by atoms with van der Waals surface area (Å²) in [5, 5.41) is 3.38. The summed E-state index contributed by atoms with van der Waals surface area (Å²) < 4.78 is 0. The van der Waals surface area contributed by atoms with Crippen LogP contribution < -0.4 is 10.2 Å². The Labute approximate surface area is 167 Å². The molecule has 2 aromatic rings. The van der Waals surface area contributed by atoms with Crippen LogP contribution in [0.15, 0.2) is 42.6 Å². The van der Waals surface area contributed by atoms with Crippen LogP contribution in [0.3, 0.4) is 0 Å². The lowest BCUT2D eigenvalue weighted by Gasteiger charge is -2.30. The van der Waals surface area contributed by atoms with Gasteiger partial charge in [0.25, 0.3) is 5.91 Å². The van der Waals surface area contributed by atoms with Gasteiger partial charge in [0, 0.05) is 37.6 Å². The summed E-state index contributed by atoms with van der Waals surface area (Å²) >= 11 is 0. The molecule has 2 aliphatic heterocycles. The molecule has 0 spiro atoms. The quantitative estimate of drug-likeness (QED) is 0.839. The second-order valence-corrected chi connectivity index (χ2v) is 8.13. The lowest BCUT2D eigenvalue weighted by molar-refractivity contribution is 0.0691. The van der Waals surface area contributed by atoms with E-state index in [0.29, 0.717) is 11.6 Å². The smallest absolute Gasteiger partial charge is 0.272 e. The van der Waals surface area contributed by atoms with Crippen LogP contribution in [-0.2, 0) is 0 Å². The van der Waals surface area contributed by atoms with Gasteiger partial charge in [-0.15, -0.1) is 0 Å². The molecule has 0 unspecified atom stereocenters. The number of likely N-dealkylation sites (tertiary alicyclic amines) is 1. The van der Waals surface area contributed by atoms with E-state index < -0.39 is 0 Å². The highest BCUT2D eigenvalue weighted by Crippen LogP contribution is 2.24. The molecular weight excluding hydrogens is 348 g/mol. The number of carbonyl (C=O) groups excluding carboxylic acids is 1. The van der Waals surface area contributed by atoms with E-state index in [1.54, 1.807) is 6.20 Å². The minimum atomic E-state index is 0.0457. The Morgan fingerprint density at radius 1 is 0.929 bits per heavy atom. The Bertz CT molecular complexity index is 773. The molecular formula is C23H30N4O. The van der Waals surface area contributed by atoms with Crippen LogP contribution in [0.2, 0.25) is 0 Å². The first-order valence-corrected chi connectivity index (χ1v) is 10.6. The number of nitrogens with zero attached hydrogens (tertiary/aromatic N) is 3. The number of amides is 1. The lowest BCUT2D eigenvalue weighted by Crippen LogP contribution is -2.38. The Morgan fingerprint density at radius 3 is 2.25 bits per heavy atom. The molecule has 1 aromatic heterocycles. The van der Waals surface area contributed by atoms with Gasteiger partial charge >= 0.3 is 0 Å². The predicted octanol–water partition coefficient (Wildman–Crippen LogP) is 4.69. The number of anilines is 3. The molecule has 2 aliphatic rings. The van der Waals surface area contributed by atoms with Gasteiger partial charge in [0.2, 0.25) is 0 Å². The topological polar surface area (TPSA) is 48.5 Å². The van der Waals surface area contributed by atoms with E-state index in [-0.39, 0.29) is 5.91 Å². The summed E-state index contributed by atoms with van der Waals surface area (Å²) in [4.78, 5) is 21.4. The van der Waals surface area contributed by atoms with Gasteiger partial charge in [0.05, 0.1) is 11.9 Å². The standard InChI is InChI=1S/C23H30N4O/c1-18-11-15-27(16-12-18)23(28)22-10-7-20(17-24-22)25-19-5-8-21(9-6-19)26-13-3-2-4-14-26/h5-10,17-18,25H,2-4,11-16H2,1H3. The second kappa shape index (κ2) is 8.63. The number of carbonyl (C=O) groups is 1. The molecule has 1 N–H and O–H groups in total. The van der Waals surface area contributed by atoms with E-state index in [9.17, 15) is 4.79 Å². The van der Waals surface area contributed by atoms with Gasteiger partial charge in [-0.2, -0.15) is 0 Å².